The number of hydrogen-bond donors (Lipinski definition) is 2. The second kappa shape index (κ2) is 6.59. The zero-order chi connectivity index (χ0) is 14.5. The summed E-state index contributed by atoms with van der Waals surface area (Å²) < 4.78 is 18.2. The third kappa shape index (κ3) is 3.62. The molecule has 1 atom stereocenters. The molecule has 2 aromatic carbocycles. The van der Waals surface area contributed by atoms with Gasteiger partial charge in [0, 0.05) is 6.54 Å². The van der Waals surface area contributed by atoms with Crippen molar-refractivity contribution >= 4 is 17.3 Å². The van der Waals surface area contributed by atoms with Crippen molar-refractivity contribution < 1.29 is 14.2 Å². The molecule has 0 fully saturated rings. The zero-order valence-electron chi connectivity index (χ0n) is 10.9. The minimum Gasteiger partial charge on any atom is -0.497 e. The molecule has 0 saturated carbocycles. The van der Waals surface area contributed by atoms with E-state index in [-0.39, 0.29) is 12.4 Å². The normalized spacial score (nSPS) is 12.0. The van der Waals surface area contributed by atoms with Crippen LogP contribution in [-0.4, -0.2) is 18.8 Å². The largest absolute Gasteiger partial charge is 0.497 e. The number of rotatable bonds is 5. The van der Waals surface area contributed by atoms with Crippen molar-refractivity contribution in [2.75, 3.05) is 19.0 Å². The van der Waals surface area contributed by atoms with Crippen molar-refractivity contribution in [1.82, 2.24) is 0 Å². The molecule has 0 aliphatic rings. The second-order valence-corrected chi connectivity index (χ2v) is 4.70. The molecule has 0 saturated heterocycles. The highest BCUT2D eigenvalue weighted by Crippen LogP contribution is 2.24. The van der Waals surface area contributed by atoms with E-state index in [9.17, 15) is 9.50 Å². The van der Waals surface area contributed by atoms with Crippen LogP contribution in [0.2, 0.25) is 5.02 Å². The Morgan fingerprint density at radius 3 is 2.60 bits per heavy atom. The number of halogens is 2. The number of hydrogen-bond acceptors (Lipinski definition) is 3. The molecule has 1 unspecified atom stereocenters. The smallest absolute Gasteiger partial charge is 0.125 e. The molecule has 0 aromatic heterocycles. The SMILES string of the molecule is COc1ccc(C(O)CNc2cc(F)ccc2Cl)cc1. The molecule has 0 heterocycles. The summed E-state index contributed by atoms with van der Waals surface area (Å²) in [6.07, 6.45) is -0.722. The van der Waals surface area contributed by atoms with Crippen molar-refractivity contribution in [3.8, 4) is 5.75 Å². The predicted molar refractivity (Wildman–Crippen MR) is 77.9 cm³/mol. The molecule has 3 nitrogen and oxygen atoms in total. The summed E-state index contributed by atoms with van der Waals surface area (Å²) in [5.74, 6) is 0.345. The number of benzene rings is 2. The Bertz CT molecular complexity index is 575. The number of methoxy groups -OCH3 is 1. The summed E-state index contributed by atoms with van der Waals surface area (Å²) in [4.78, 5) is 0. The van der Waals surface area contributed by atoms with Crippen LogP contribution in [0.25, 0.3) is 0 Å². The summed E-state index contributed by atoms with van der Waals surface area (Å²) in [5, 5.41) is 13.4. The summed E-state index contributed by atoms with van der Waals surface area (Å²) in [6.45, 7) is 0.232. The molecule has 0 aliphatic heterocycles. The molecule has 5 heteroatoms. The topological polar surface area (TPSA) is 41.5 Å². The monoisotopic (exact) mass is 295 g/mol. The van der Waals surface area contributed by atoms with E-state index < -0.39 is 6.10 Å². The Labute approximate surface area is 122 Å². The molecule has 0 spiro atoms. The van der Waals surface area contributed by atoms with Gasteiger partial charge in [0.05, 0.1) is 23.9 Å². The van der Waals surface area contributed by atoms with Crippen molar-refractivity contribution in [2.24, 2.45) is 0 Å². The van der Waals surface area contributed by atoms with Crippen LogP contribution in [0.15, 0.2) is 42.5 Å². The fraction of sp³-hybridized carbons (Fsp3) is 0.200. The van der Waals surface area contributed by atoms with Crippen LogP contribution in [0, 0.1) is 5.82 Å². The maximum atomic E-state index is 13.1. The van der Waals surface area contributed by atoms with Gasteiger partial charge in [0.15, 0.2) is 0 Å². The van der Waals surface area contributed by atoms with E-state index in [0.717, 1.165) is 11.3 Å². The highest BCUT2D eigenvalue weighted by molar-refractivity contribution is 6.33. The van der Waals surface area contributed by atoms with E-state index in [0.29, 0.717) is 10.7 Å². The fourth-order valence-electron chi connectivity index (χ4n) is 1.78. The first-order valence-corrected chi connectivity index (χ1v) is 6.49. The third-order valence-electron chi connectivity index (χ3n) is 2.91. The van der Waals surface area contributed by atoms with Gasteiger partial charge in [0.25, 0.3) is 0 Å². The zero-order valence-corrected chi connectivity index (χ0v) is 11.7. The van der Waals surface area contributed by atoms with Crippen molar-refractivity contribution in [3.05, 3.63) is 58.9 Å². The minimum atomic E-state index is -0.722. The van der Waals surface area contributed by atoms with E-state index in [1.807, 2.05) is 0 Å². The summed E-state index contributed by atoms with van der Waals surface area (Å²) >= 11 is 5.94. The average Bonchev–Trinajstić information content (AvgIpc) is 2.48. The Morgan fingerprint density at radius 2 is 1.95 bits per heavy atom. The number of anilines is 1. The van der Waals surface area contributed by atoms with Gasteiger partial charge in [0.1, 0.15) is 11.6 Å². The van der Waals surface area contributed by atoms with Crippen LogP contribution in [0.3, 0.4) is 0 Å². The third-order valence-corrected chi connectivity index (χ3v) is 3.24. The average molecular weight is 296 g/mol. The van der Waals surface area contributed by atoms with Crippen LogP contribution in [-0.2, 0) is 0 Å². The molecule has 2 N–H and O–H groups in total. The molecule has 106 valence electrons. The maximum absolute atomic E-state index is 13.1. The van der Waals surface area contributed by atoms with Gasteiger partial charge < -0.3 is 15.2 Å². The van der Waals surface area contributed by atoms with Crippen LogP contribution >= 0.6 is 11.6 Å². The quantitative estimate of drug-likeness (QED) is 0.885. The highest BCUT2D eigenvalue weighted by atomic mass is 35.5. The summed E-state index contributed by atoms with van der Waals surface area (Å²) in [5.41, 5.74) is 1.20. The van der Waals surface area contributed by atoms with E-state index in [2.05, 4.69) is 5.32 Å². The van der Waals surface area contributed by atoms with E-state index in [1.54, 1.807) is 31.4 Å². The number of aliphatic hydroxyl groups is 1. The molecule has 0 bridgehead atoms. The van der Waals surface area contributed by atoms with Crippen LogP contribution < -0.4 is 10.1 Å². The van der Waals surface area contributed by atoms with Gasteiger partial charge in [-0.2, -0.15) is 0 Å². The molecular formula is C15H15ClFNO2. The maximum Gasteiger partial charge on any atom is 0.125 e. The van der Waals surface area contributed by atoms with Crippen LogP contribution in [0.4, 0.5) is 10.1 Å². The van der Waals surface area contributed by atoms with Gasteiger partial charge >= 0.3 is 0 Å². The lowest BCUT2D eigenvalue weighted by molar-refractivity contribution is 0.191. The van der Waals surface area contributed by atoms with Crippen molar-refractivity contribution in [3.63, 3.8) is 0 Å². The lowest BCUT2D eigenvalue weighted by atomic mass is 10.1. The van der Waals surface area contributed by atoms with Gasteiger partial charge in [-0.1, -0.05) is 23.7 Å². The molecular weight excluding hydrogens is 281 g/mol. The first kappa shape index (κ1) is 14.6. The molecule has 0 radical (unpaired) electrons. The van der Waals surface area contributed by atoms with E-state index >= 15 is 0 Å². The van der Waals surface area contributed by atoms with Crippen molar-refractivity contribution in [1.29, 1.82) is 0 Å². The standard InChI is InChI=1S/C15H15ClFNO2/c1-20-12-5-2-10(3-6-12)15(19)9-18-14-8-11(17)4-7-13(14)16/h2-8,15,18-19H,9H2,1H3. The number of aliphatic hydroxyl groups excluding tert-OH is 1. The van der Waals surface area contributed by atoms with Gasteiger partial charge in [-0.3, -0.25) is 0 Å². The van der Waals surface area contributed by atoms with Gasteiger partial charge in [-0.25, -0.2) is 4.39 Å². The molecule has 2 rings (SSSR count). The number of ether oxygens (including phenoxy) is 1. The Balaban J connectivity index is 2.00. The van der Waals surface area contributed by atoms with Gasteiger partial charge in [-0.05, 0) is 35.9 Å². The number of nitrogens with one attached hydrogen (secondary N) is 1. The fourth-order valence-corrected chi connectivity index (χ4v) is 1.97. The van der Waals surface area contributed by atoms with Gasteiger partial charge in [-0.15, -0.1) is 0 Å². The van der Waals surface area contributed by atoms with Crippen molar-refractivity contribution in [2.45, 2.75) is 6.10 Å². The first-order chi connectivity index (χ1) is 9.60. The highest BCUT2D eigenvalue weighted by Gasteiger charge is 2.09. The lowest BCUT2D eigenvalue weighted by Gasteiger charge is -2.14. The summed E-state index contributed by atoms with van der Waals surface area (Å²) in [7, 11) is 1.58. The Kier molecular flexibility index (Phi) is 4.82. The van der Waals surface area contributed by atoms with Crippen LogP contribution in [0.5, 0.6) is 5.75 Å². The lowest BCUT2D eigenvalue weighted by Crippen LogP contribution is -2.12. The first-order valence-electron chi connectivity index (χ1n) is 6.11. The van der Waals surface area contributed by atoms with E-state index in [4.69, 9.17) is 16.3 Å². The Hall–Kier alpha value is -1.78. The minimum absolute atomic E-state index is 0.232. The van der Waals surface area contributed by atoms with Crippen LogP contribution in [0.1, 0.15) is 11.7 Å². The molecule has 20 heavy (non-hydrogen) atoms. The molecule has 2 aromatic rings. The predicted octanol–water partition coefficient (Wildman–Crippen LogP) is 3.63. The Morgan fingerprint density at radius 1 is 1.25 bits per heavy atom. The molecule has 0 amide bonds. The van der Waals surface area contributed by atoms with E-state index in [1.165, 1.54) is 18.2 Å². The van der Waals surface area contributed by atoms with Gasteiger partial charge in [0.2, 0.25) is 0 Å². The molecule has 0 aliphatic carbocycles. The second-order valence-electron chi connectivity index (χ2n) is 4.29. The summed E-state index contributed by atoms with van der Waals surface area (Å²) in [6, 6.07) is 11.1.